The molecule has 0 spiro atoms. The van der Waals surface area contributed by atoms with Gasteiger partial charge < -0.3 is 15.2 Å². The highest BCUT2D eigenvalue weighted by Gasteiger charge is 2.27. The van der Waals surface area contributed by atoms with Crippen LogP contribution in [0.1, 0.15) is 12.5 Å². The predicted octanol–water partition coefficient (Wildman–Crippen LogP) is 3.14. The maximum absolute atomic E-state index is 11.9. The van der Waals surface area contributed by atoms with E-state index in [4.69, 9.17) is 22.1 Å². The summed E-state index contributed by atoms with van der Waals surface area (Å²) < 4.78 is 45.2. The van der Waals surface area contributed by atoms with E-state index in [1.54, 1.807) is 18.2 Å². The molecule has 0 saturated carbocycles. The standard InChI is InChI=1S/C12H15ClF3NO2/c1-8(17)5-9-3-2-4-10(13)11(9)19-7-18-6-12(14,15)16/h2-4,8H,5-7,17H2,1H3. The van der Waals surface area contributed by atoms with E-state index < -0.39 is 19.6 Å². The lowest BCUT2D eigenvalue weighted by atomic mass is 10.1. The van der Waals surface area contributed by atoms with Crippen LogP contribution in [0.2, 0.25) is 5.02 Å². The summed E-state index contributed by atoms with van der Waals surface area (Å²) in [4.78, 5) is 0. The number of alkyl halides is 3. The van der Waals surface area contributed by atoms with Crippen molar-refractivity contribution in [2.24, 2.45) is 5.73 Å². The van der Waals surface area contributed by atoms with Crippen LogP contribution in [0.25, 0.3) is 0 Å². The minimum absolute atomic E-state index is 0.114. The Labute approximate surface area is 114 Å². The van der Waals surface area contributed by atoms with E-state index in [1.165, 1.54) is 0 Å². The Bertz CT molecular complexity index is 410. The average Bonchev–Trinajstić information content (AvgIpc) is 2.25. The first-order valence-electron chi connectivity index (χ1n) is 5.60. The molecule has 1 aromatic carbocycles. The summed E-state index contributed by atoms with van der Waals surface area (Å²) in [5.41, 5.74) is 6.41. The zero-order chi connectivity index (χ0) is 14.5. The Morgan fingerprint density at radius 1 is 1.37 bits per heavy atom. The zero-order valence-corrected chi connectivity index (χ0v) is 11.1. The molecule has 0 aliphatic heterocycles. The third-order valence-electron chi connectivity index (χ3n) is 2.14. The summed E-state index contributed by atoms with van der Waals surface area (Å²) in [6.07, 6.45) is -3.87. The molecule has 0 aromatic heterocycles. The van der Waals surface area contributed by atoms with Crippen molar-refractivity contribution in [3.05, 3.63) is 28.8 Å². The molecule has 0 bridgehead atoms. The first-order valence-corrected chi connectivity index (χ1v) is 5.97. The van der Waals surface area contributed by atoms with E-state index in [0.717, 1.165) is 5.56 Å². The zero-order valence-electron chi connectivity index (χ0n) is 10.3. The maximum atomic E-state index is 11.9. The van der Waals surface area contributed by atoms with Crippen molar-refractivity contribution < 1.29 is 22.6 Å². The van der Waals surface area contributed by atoms with Gasteiger partial charge in [-0.3, -0.25) is 0 Å². The van der Waals surface area contributed by atoms with Crippen molar-refractivity contribution in [3.8, 4) is 5.75 Å². The van der Waals surface area contributed by atoms with Gasteiger partial charge in [-0.05, 0) is 25.0 Å². The maximum Gasteiger partial charge on any atom is 0.411 e. The number of halogens is 4. The second-order valence-corrected chi connectivity index (χ2v) is 4.54. The Balaban J connectivity index is 2.61. The Kier molecular flexibility index (Phi) is 5.90. The molecule has 1 unspecified atom stereocenters. The first-order chi connectivity index (χ1) is 8.79. The SMILES string of the molecule is CC(N)Cc1cccc(Cl)c1OCOCC(F)(F)F. The second-order valence-electron chi connectivity index (χ2n) is 4.14. The number of nitrogens with two attached hydrogens (primary N) is 1. The van der Waals surface area contributed by atoms with Crippen LogP contribution in [-0.2, 0) is 11.2 Å². The number of ether oxygens (including phenoxy) is 2. The van der Waals surface area contributed by atoms with Crippen LogP contribution in [-0.4, -0.2) is 25.6 Å². The van der Waals surface area contributed by atoms with E-state index in [9.17, 15) is 13.2 Å². The van der Waals surface area contributed by atoms with Crippen molar-refractivity contribution in [3.63, 3.8) is 0 Å². The molecule has 19 heavy (non-hydrogen) atoms. The number of hydrogen-bond acceptors (Lipinski definition) is 3. The number of rotatable bonds is 6. The highest BCUT2D eigenvalue weighted by molar-refractivity contribution is 6.32. The fraction of sp³-hybridized carbons (Fsp3) is 0.500. The van der Waals surface area contributed by atoms with Crippen molar-refractivity contribution in [1.82, 2.24) is 0 Å². The van der Waals surface area contributed by atoms with Crippen LogP contribution in [0.5, 0.6) is 5.75 Å². The normalized spacial score (nSPS) is 13.4. The summed E-state index contributed by atoms with van der Waals surface area (Å²) in [7, 11) is 0. The fourth-order valence-corrected chi connectivity index (χ4v) is 1.73. The predicted molar refractivity (Wildman–Crippen MR) is 66.3 cm³/mol. The van der Waals surface area contributed by atoms with Crippen molar-refractivity contribution in [2.45, 2.75) is 25.6 Å². The summed E-state index contributed by atoms with van der Waals surface area (Å²) in [5, 5.41) is 0.314. The molecule has 7 heteroatoms. The first kappa shape index (κ1) is 16.1. The molecule has 0 heterocycles. The quantitative estimate of drug-likeness (QED) is 0.648. The number of para-hydroxylation sites is 1. The van der Waals surface area contributed by atoms with Gasteiger partial charge in [0.05, 0.1) is 5.02 Å². The van der Waals surface area contributed by atoms with Crippen molar-refractivity contribution in [1.29, 1.82) is 0 Å². The largest absolute Gasteiger partial charge is 0.466 e. The van der Waals surface area contributed by atoms with Gasteiger partial charge in [-0.25, -0.2) is 0 Å². The Hall–Kier alpha value is -0.980. The van der Waals surface area contributed by atoms with Crippen LogP contribution in [0.3, 0.4) is 0 Å². The van der Waals surface area contributed by atoms with Gasteiger partial charge in [0.25, 0.3) is 0 Å². The number of hydrogen-bond donors (Lipinski definition) is 1. The second kappa shape index (κ2) is 6.98. The van der Waals surface area contributed by atoms with Crippen LogP contribution in [0.4, 0.5) is 13.2 Å². The minimum Gasteiger partial charge on any atom is -0.466 e. The van der Waals surface area contributed by atoms with Gasteiger partial charge in [0, 0.05) is 6.04 Å². The molecule has 0 aliphatic rings. The molecular formula is C12H15ClF3NO2. The van der Waals surface area contributed by atoms with E-state index >= 15 is 0 Å². The van der Waals surface area contributed by atoms with Crippen molar-refractivity contribution >= 4 is 11.6 Å². The van der Waals surface area contributed by atoms with Crippen LogP contribution in [0, 0.1) is 0 Å². The average molecular weight is 298 g/mol. The van der Waals surface area contributed by atoms with Crippen LogP contribution in [0.15, 0.2) is 18.2 Å². The molecule has 0 fully saturated rings. The smallest absolute Gasteiger partial charge is 0.411 e. The van der Waals surface area contributed by atoms with E-state index in [1.807, 2.05) is 6.92 Å². The van der Waals surface area contributed by atoms with Crippen LogP contribution < -0.4 is 10.5 Å². The summed E-state index contributed by atoms with van der Waals surface area (Å²) >= 11 is 5.94. The van der Waals surface area contributed by atoms with Gasteiger partial charge in [0.1, 0.15) is 12.4 Å². The molecule has 0 aliphatic carbocycles. The third kappa shape index (κ3) is 6.13. The molecule has 1 aromatic rings. The van der Waals surface area contributed by atoms with Gasteiger partial charge in [-0.2, -0.15) is 13.2 Å². The molecule has 1 atom stereocenters. The molecule has 0 radical (unpaired) electrons. The van der Waals surface area contributed by atoms with E-state index in [2.05, 4.69) is 4.74 Å². The highest BCUT2D eigenvalue weighted by Crippen LogP contribution is 2.29. The van der Waals surface area contributed by atoms with E-state index in [0.29, 0.717) is 17.2 Å². The Morgan fingerprint density at radius 3 is 2.63 bits per heavy atom. The highest BCUT2D eigenvalue weighted by atomic mass is 35.5. The fourth-order valence-electron chi connectivity index (χ4n) is 1.48. The van der Waals surface area contributed by atoms with Gasteiger partial charge >= 0.3 is 6.18 Å². The topological polar surface area (TPSA) is 44.5 Å². The Morgan fingerprint density at radius 2 is 2.05 bits per heavy atom. The van der Waals surface area contributed by atoms with Crippen LogP contribution >= 0.6 is 11.6 Å². The van der Waals surface area contributed by atoms with Gasteiger partial charge in [-0.1, -0.05) is 23.7 Å². The van der Waals surface area contributed by atoms with Crippen molar-refractivity contribution in [2.75, 3.05) is 13.4 Å². The lowest BCUT2D eigenvalue weighted by Crippen LogP contribution is -2.20. The molecule has 3 nitrogen and oxygen atoms in total. The van der Waals surface area contributed by atoms with Gasteiger partial charge in [-0.15, -0.1) is 0 Å². The monoisotopic (exact) mass is 297 g/mol. The lowest BCUT2D eigenvalue weighted by molar-refractivity contribution is -0.186. The molecule has 1 rings (SSSR count). The van der Waals surface area contributed by atoms with Gasteiger partial charge in [0.2, 0.25) is 0 Å². The summed E-state index contributed by atoms with van der Waals surface area (Å²) in [6.45, 7) is -0.0693. The molecule has 0 amide bonds. The third-order valence-corrected chi connectivity index (χ3v) is 2.44. The lowest BCUT2D eigenvalue weighted by Gasteiger charge is -2.15. The number of benzene rings is 1. The van der Waals surface area contributed by atoms with E-state index in [-0.39, 0.29) is 6.04 Å². The molecule has 0 saturated heterocycles. The summed E-state index contributed by atoms with van der Waals surface area (Å²) in [6, 6.07) is 4.96. The molecular weight excluding hydrogens is 283 g/mol. The summed E-state index contributed by atoms with van der Waals surface area (Å²) in [5.74, 6) is 0.309. The molecule has 108 valence electrons. The van der Waals surface area contributed by atoms with Gasteiger partial charge in [0.15, 0.2) is 6.79 Å². The molecule has 2 N–H and O–H groups in total. The minimum atomic E-state index is -4.38.